The van der Waals surface area contributed by atoms with Gasteiger partial charge in [-0.2, -0.15) is 0 Å². The maximum Gasteiger partial charge on any atom is 0.227 e. The van der Waals surface area contributed by atoms with Gasteiger partial charge >= 0.3 is 0 Å². The summed E-state index contributed by atoms with van der Waals surface area (Å²) in [5.74, 6) is 0.246. The Morgan fingerprint density at radius 1 is 1.29 bits per heavy atom. The van der Waals surface area contributed by atoms with E-state index in [1.165, 1.54) is 5.56 Å². The first-order valence-corrected chi connectivity index (χ1v) is 10.3. The van der Waals surface area contributed by atoms with E-state index in [1.54, 1.807) is 11.3 Å². The number of likely N-dealkylation sites (tertiary alicyclic amines) is 1. The number of nitrogens with zero attached hydrogens (tertiary/aromatic N) is 2. The number of rotatable bonds is 7. The van der Waals surface area contributed by atoms with Crippen molar-refractivity contribution in [2.24, 2.45) is 5.92 Å². The second kappa shape index (κ2) is 12.4. The molecule has 1 aromatic heterocycles. The predicted molar refractivity (Wildman–Crippen MR) is 122 cm³/mol. The number of piperidine rings is 1. The summed E-state index contributed by atoms with van der Waals surface area (Å²) in [4.78, 5) is 19.5. The van der Waals surface area contributed by atoms with Crippen LogP contribution in [0.4, 0.5) is 5.69 Å². The molecule has 156 valence electrons. The summed E-state index contributed by atoms with van der Waals surface area (Å²) in [6.07, 6.45) is 1.82. The number of hydrogen-bond donors (Lipinski definition) is 2. The number of amides is 1. The lowest BCUT2D eigenvalue weighted by molar-refractivity contribution is -0.121. The van der Waals surface area contributed by atoms with Gasteiger partial charge in [-0.1, -0.05) is 19.1 Å². The number of carbonyl (C=O) groups is 1. The lowest BCUT2D eigenvalue weighted by Gasteiger charge is -2.30. The van der Waals surface area contributed by atoms with Crippen LogP contribution < -0.4 is 10.6 Å². The Bertz CT molecular complexity index is 733. The maximum absolute atomic E-state index is 12.6. The van der Waals surface area contributed by atoms with Gasteiger partial charge in [0.1, 0.15) is 0 Å². The molecule has 1 aliphatic rings. The first-order chi connectivity index (χ1) is 12.6. The first kappa shape index (κ1) is 24.9. The van der Waals surface area contributed by atoms with Crippen LogP contribution in [0.25, 0.3) is 0 Å². The number of halogens is 2. The Hall–Kier alpha value is -1.18. The zero-order chi connectivity index (χ0) is 18.4. The molecule has 0 spiro atoms. The van der Waals surface area contributed by atoms with Crippen LogP contribution in [0.2, 0.25) is 0 Å². The molecule has 0 bridgehead atoms. The molecule has 3 rings (SSSR count). The number of carbonyl (C=O) groups excluding carboxylic acids is 1. The summed E-state index contributed by atoms with van der Waals surface area (Å²) in [7, 11) is 0. The SMILES string of the molecule is CCNCc1cccc(NC(=O)C2CCN(Cc3csc(C)n3)CC2)c1.Cl.Cl. The molecule has 2 N–H and O–H groups in total. The maximum atomic E-state index is 12.6. The summed E-state index contributed by atoms with van der Waals surface area (Å²) in [6, 6.07) is 8.10. The molecule has 0 radical (unpaired) electrons. The van der Waals surface area contributed by atoms with Crippen LogP contribution in [0.5, 0.6) is 0 Å². The molecule has 0 atom stereocenters. The fraction of sp³-hybridized carbons (Fsp3) is 0.500. The standard InChI is InChI=1S/C20H28N4OS.2ClH/c1-3-21-12-16-5-4-6-18(11-16)23-20(25)17-7-9-24(10-8-17)13-19-14-26-15(2)22-19;;/h4-6,11,14,17,21H,3,7-10,12-13H2,1-2H3,(H,23,25);2*1H. The quantitative estimate of drug-likeness (QED) is 0.669. The van der Waals surface area contributed by atoms with Crippen molar-refractivity contribution < 1.29 is 4.79 Å². The van der Waals surface area contributed by atoms with Crippen LogP contribution in [-0.2, 0) is 17.9 Å². The molecule has 0 saturated carbocycles. The lowest BCUT2D eigenvalue weighted by Crippen LogP contribution is -2.37. The first-order valence-electron chi connectivity index (χ1n) is 9.38. The van der Waals surface area contributed by atoms with Crippen molar-refractivity contribution >= 4 is 47.7 Å². The highest BCUT2D eigenvalue weighted by molar-refractivity contribution is 7.09. The Morgan fingerprint density at radius 3 is 2.68 bits per heavy atom. The molecule has 8 heteroatoms. The van der Waals surface area contributed by atoms with E-state index in [-0.39, 0.29) is 36.6 Å². The van der Waals surface area contributed by atoms with Crippen LogP contribution in [0.15, 0.2) is 29.6 Å². The average molecular weight is 445 g/mol. The van der Waals surface area contributed by atoms with Gasteiger partial charge in [0, 0.05) is 30.1 Å². The van der Waals surface area contributed by atoms with E-state index in [0.29, 0.717) is 0 Å². The van der Waals surface area contributed by atoms with Crippen molar-refractivity contribution in [3.63, 3.8) is 0 Å². The number of aromatic nitrogens is 1. The van der Waals surface area contributed by atoms with Gasteiger partial charge in [0.25, 0.3) is 0 Å². The van der Waals surface area contributed by atoms with E-state index in [1.807, 2.05) is 19.1 Å². The van der Waals surface area contributed by atoms with Gasteiger partial charge in [0.2, 0.25) is 5.91 Å². The highest BCUT2D eigenvalue weighted by Crippen LogP contribution is 2.22. The van der Waals surface area contributed by atoms with Crippen LogP contribution in [0, 0.1) is 12.8 Å². The molecule has 28 heavy (non-hydrogen) atoms. The summed E-state index contributed by atoms with van der Waals surface area (Å²) in [5, 5.41) is 9.66. The number of benzene rings is 1. The number of aryl methyl sites for hydroxylation is 1. The number of hydrogen-bond acceptors (Lipinski definition) is 5. The molecular formula is C20H30Cl2N4OS. The Morgan fingerprint density at radius 2 is 2.04 bits per heavy atom. The second-order valence-electron chi connectivity index (χ2n) is 6.88. The van der Waals surface area contributed by atoms with Crippen molar-refractivity contribution in [3.05, 3.63) is 45.9 Å². The minimum Gasteiger partial charge on any atom is -0.326 e. The van der Waals surface area contributed by atoms with Crippen molar-refractivity contribution in [2.45, 2.75) is 39.8 Å². The molecule has 0 unspecified atom stereocenters. The van der Waals surface area contributed by atoms with E-state index >= 15 is 0 Å². The number of nitrogens with one attached hydrogen (secondary N) is 2. The fourth-order valence-electron chi connectivity index (χ4n) is 3.34. The van der Waals surface area contributed by atoms with E-state index < -0.39 is 0 Å². The van der Waals surface area contributed by atoms with Gasteiger partial charge in [-0.05, 0) is 57.1 Å². The molecule has 1 aliphatic heterocycles. The lowest BCUT2D eigenvalue weighted by atomic mass is 9.95. The monoisotopic (exact) mass is 444 g/mol. The van der Waals surface area contributed by atoms with Gasteiger partial charge < -0.3 is 10.6 Å². The van der Waals surface area contributed by atoms with Gasteiger partial charge in [-0.25, -0.2) is 4.98 Å². The predicted octanol–water partition coefficient (Wildman–Crippen LogP) is 4.26. The minimum absolute atomic E-state index is 0. The molecule has 1 aromatic carbocycles. The van der Waals surface area contributed by atoms with Gasteiger partial charge in [-0.15, -0.1) is 36.2 Å². The van der Waals surface area contributed by atoms with E-state index in [4.69, 9.17) is 0 Å². The van der Waals surface area contributed by atoms with Crippen molar-refractivity contribution in [3.8, 4) is 0 Å². The highest BCUT2D eigenvalue weighted by Gasteiger charge is 2.25. The van der Waals surface area contributed by atoms with Gasteiger partial charge in [0.15, 0.2) is 0 Å². The Balaban J connectivity index is 0.00000196. The third kappa shape index (κ3) is 7.33. The van der Waals surface area contributed by atoms with Gasteiger partial charge in [-0.3, -0.25) is 9.69 Å². The van der Waals surface area contributed by atoms with Crippen LogP contribution in [0.1, 0.15) is 36.0 Å². The highest BCUT2D eigenvalue weighted by atomic mass is 35.5. The summed E-state index contributed by atoms with van der Waals surface area (Å²) < 4.78 is 0. The molecule has 1 amide bonds. The fourth-order valence-corrected chi connectivity index (χ4v) is 3.94. The van der Waals surface area contributed by atoms with Crippen LogP contribution >= 0.6 is 36.2 Å². The van der Waals surface area contributed by atoms with E-state index in [9.17, 15) is 4.79 Å². The van der Waals surface area contributed by atoms with E-state index in [2.05, 4.69) is 45.0 Å². The second-order valence-corrected chi connectivity index (χ2v) is 7.94. The zero-order valence-electron chi connectivity index (χ0n) is 16.4. The van der Waals surface area contributed by atoms with Crippen LogP contribution in [0.3, 0.4) is 0 Å². The molecule has 0 aliphatic carbocycles. The number of thiazole rings is 1. The summed E-state index contributed by atoms with van der Waals surface area (Å²) in [5.41, 5.74) is 3.23. The molecule has 2 heterocycles. The Kier molecular flexibility index (Phi) is 11.0. The topological polar surface area (TPSA) is 57.3 Å². The molecule has 2 aromatic rings. The average Bonchev–Trinajstić information content (AvgIpc) is 3.05. The molecule has 5 nitrogen and oxygen atoms in total. The smallest absolute Gasteiger partial charge is 0.227 e. The third-order valence-electron chi connectivity index (χ3n) is 4.78. The Labute approximate surface area is 184 Å². The molecular weight excluding hydrogens is 415 g/mol. The molecule has 1 fully saturated rings. The normalized spacial score (nSPS) is 14.8. The minimum atomic E-state index is 0. The van der Waals surface area contributed by atoms with Crippen molar-refractivity contribution in [1.29, 1.82) is 0 Å². The molecule has 1 saturated heterocycles. The van der Waals surface area contributed by atoms with Gasteiger partial charge in [0.05, 0.1) is 10.7 Å². The summed E-state index contributed by atoms with van der Waals surface area (Å²) >= 11 is 1.70. The van der Waals surface area contributed by atoms with Crippen LogP contribution in [-0.4, -0.2) is 35.4 Å². The summed E-state index contributed by atoms with van der Waals surface area (Å²) in [6.45, 7) is 8.70. The van der Waals surface area contributed by atoms with Crippen molar-refractivity contribution in [2.75, 3.05) is 25.0 Å². The third-order valence-corrected chi connectivity index (χ3v) is 5.61. The van der Waals surface area contributed by atoms with E-state index in [0.717, 1.165) is 62.0 Å². The zero-order valence-corrected chi connectivity index (χ0v) is 18.9. The largest absolute Gasteiger partial charge is 0.326 e. The number of anilines is 1. The van der Waals surface area contributed by atoms with Crippen molar-refractivity contribution in [1.82, 2.24) is 15.2 Å².